The molecule has 1 N–H and O–H groups in total. The van der Waals surface area contributed by atoms with Crippen molar-refractivity contribution in [2.24, 2.45) is 0 Å². The van der Waals surface area contributed by atoms with E-state index in [0.29, 0.717) is 21.0 Å². The molecule has 26 heavy (non-hydrogen) atoms. The van der Waals surface area contributed by atoms with Crippen LogP contribution in [-0.4, -0.2) is 21.6 Å². The number of thiophene rings is 1. The molecule has 2 heterocycles. The zero-order valence-electron chi connectivity index (χ0n) is 13.7. The van der Waals surface area contributed by atoms with Crippen LogP contribution in [0.25, 0.3) is 10.2 Å². The Hall–Kier alpha value is -1.34. The standard InChI is InChI=1S/C18H15Cl2N3OS2/c19-11-6-2-3-7-12(11)21-14(24)9-25-18-22-16(20)15-10-5-1-4-8-13(10)26-17(15)23-18/h2-3,6-7H,1,4-5,8-9H2,(H,21,24). The summed E-state index contributed by atoms with van der Waals surface area (Å²) in [5.41, 5.74) is 1.91. The predicted molar refractivity (Wildman–Crippen MR) is 110 cm³/mol. The molecular weight excluding hydrogens is 409 g/mol. The maximum Gasteiger partial charge on any atom is 0.234 e. The molecule has 1 aliphatic carbocycles. The fraction of sp³-hybridized carbons (Fsp3) is 0.278. The fourth-order valence-corrected chi connectivity index (χ4v) is 5.57. The molecule has 3 aromatic rings. The highest BCUT2D eigenvalue weighted by molar-refractivity contribution is 7.99. The SMILES string of the molecule is O=C(CSc1nc(Cl)c2c3c(sc2n1)CCCC3)Nc1ccccc1Cl. The predicted octanol–water partition coefficient (Wildman–Crippen LogP) is 5.61. The summed E-state index contributed by atoms with van der Waals surface area (Å²) in [5, 5.41) is 5.31. The van der Waals surface area contributed by atoms with Crippen molar-refractivity contribution in [3.63, 3.8) is 0 Å². The lowest BCUT2D eigenvalue weighted by molar-refractivity contribution is -0.113. The minimum Gasteiger partial charge on any atom is -0.324 e. The molecule has 8 heteroatoms. The van der Waals surface area contributed by atoms with Gasteiger partial charge in [0.15, 0.2) is 5.16 Å². The first kappa shape index (κ1) is 18.0. The van der Waals surface area contributed by atoms with Crippen LogP contribution < -0.4 is 5.32 Å². The number of amides is 1. The van der Waals surface area contributed by atoms with E-state index in [1.807, 2.05) is 12.1 Å². The monoisotopic (exact) mass is 423 g/mol. The average molecular weight is 424 g/mol. The van der Waals surface area contributed by atoms with Gasteiger partial charge in [0.05, 0.1) is 21.8 Å². The molecule has 4 nitrogen and oxygen atoms in total. The smallest absolute Gasteiger partial charge is 0.234 e. The molecule has 0 bridgehead atoms. The molecule has 0 atom stereocenters. The Bertz CT molecular complexity index is 990. The minimum absolute atomic E-state index is 0.159. The Balaban J connectivity index is 1.49. The fourth-order valence-electron chi connectivity index (χ4n) is 3.04. The van der Waals surface area contributed by atoms with Gasteiger partial charge in [0, 0.05) is 4.88 Å². The minimum atomic E-state index is -0.159. The van der Waals surface area contributed by atoms with Gasteiger partial charge in [0.25, 0.3) is 0 Å². The van der Waals surface area contributed by atoms with Gasteiger partial charge in [0.1, 0.15) is 9.98 Å². The summed E-state index contributed by atoms with van der Waals surface area (Å²) in [6, 6.07) is 7.14. The van der Waals surface area contributed by atoms with Gasteiger partial charge in [0.2, 0.25) is 5.91 Å². The molecule has 4 rings (SSSR count). The second-order valence-electron chi connectivity index (χ2n) is 6.00. The largest absolute Gasteiger partial charge is 0.324 e. The Kier molecular flexibility index (Phi) is 5.36. The number of carbonyl (C=O) groups is 1. The van der Waals surface area contributed by atoms with Crippen LogP contribution >= 0.6 is 46.3 Å². The number of para-hydroxylation sites is 1. The van der Waals surface area contributed by atoms with Crippen LogP contribution in [0.5, 0.6) is 0 Å². The van der Waals surface area contributed by atoms with Crippen LogP contribution in [0, 0.1) is 0 Å². The lowest BCUT2D eigenvalue weighted by Gasteiger charge is -2.10. The summed E-state index contributed by atoms with van der Waals surface area (Å²) in [7, 11) is 0. The number of anilines is 1. The first-order valence-electron chi connectivity index (χ1n) is 8.27. The van der Waals surface area contributed by atoms with Crippen molar-refractivity contribution < 1.29 is 4.79 Å². The van der Waals surface area contributed by atoms with Gasteiger partial charge >= 0.3 is 0 Å². The van der Waals surface area contributed by atoms with Crippen molar-refractivity contribution in [1.29, 1.82) is 0 Å². The molecule has 0 saturated carbocycles. The molecule has 1 aliphatic rings. The maximum absolute atomic E-state index is 12.2. The molecule has 1 amide bonds. The highest BCUT2D eigenvalue weighted by Crippen LogP contribution is 2.39. The van der Waals surface area contributed by atoms with E-state index in [4.69, 9.17) is 23.2 Å². The van der Waals surface area contributed by atoms with E-state index < -0.39 is 0 Å². The molecule has 0 unspecified atom stereocenters. The number of fused-ring (bicyclic) bond motifs is 3. The highest BCUT2D eigenvalue weighted by atomic mass is 35.5. The maximum atomic E-state index is 12.2. The van der Waals surface area contributed by atoms with Crippen molar-refractivity contribution in [3.05, 3.63) is 44.9 Å². The van der Waals surface area contributed by atoms with E-state index in [-0.39, 0.29) is 11.7 Å². The first-order valence-corrected chi connectivity index (χ1v) is 10.8. The quantitative estimate of drug-likeness (QED) is 0.336. The Morgan fingerprint density at radius 3 is 2.85 bits per heavy atom. The lowest BCUT2D eigenvalue weighted by Crippen LogP contribution is -2.14. The van der Waals surface area contributed by atoms with Gasteiger partial charge in [-0.1, -0.05) is 47.1 Å². The number of nitrogens with zero attached hydrogens (tertiary/aromatic N) is 2. The third-order valence-corrected chi connectivity index (χ3v) is 6.87. The van der Waals surface area contributed by atoms with Gasteiger partial charge < -0.3 is 5.32 Å². The molecular formula is C18H15Cl2N3OS2. The molecule has 0 spiro atoms. The second-order valence-corrected chi connectivity index (χ2v) is 8.80. The van der Waals surface area contributed by atoms with Gasteiger partial charge in [-0.05, 0) is 43.4 Å². The van der Waals surface area contributed by atoms with Crippen molar-refractivity contribution in [2.75, 3.05) is 11.1 Å². The van der Waals surface area contributed by atoms with Crippen LogP contribution in [0.3, 0.4) is 0 Å². The summed E-state index contributed by atoms with van der Waals surface area (Å²) in [4.78, 5) is 23.5. The number of nitrogens with one attached hydrogen (secondary N) is 1. The average Bonchev–Trinajstić information content (AvgIpc) is 3.01. The number of aromatic nitrogens is 2. The first-order chi connectivity index (χ1) is 12.6. The molecule has 0 saturated heterocycles. The van der Waals surface area contributed by atoms with E-state index in [0.717, 1.165) is 23.1 Å². The van der Waals surface area contributed by atoms with E-state index in [1.54, 1.807) is 23.5 Å². The molecule has 2 aromatic heterocycles. The van der Waals surface area contributed by atoms with Crippen LogP contribution in [0.1, 0.15) is 23.3 Å². The zero-order chi connectivity index (χ0) is 18.1. The molecule has 1 aromatic carbocycles. The Labute approximate surface area is 169 Å². The third kappa shape index (κ3) is 3.69. The van der Waals surface area contributed by atoms with Crippen LogP contribution in [0.4, 0.5) is 5.69 Å². The van der Waals surface area contributed by atoms with E-state index in [2.05, 4.69) is 15.3 Å². The van der Waals surface area contributed by atoms with E-state index in [1.165, 1.54) is 35.0 Å². The molecule has 0 fully saturated rings. The summed E-state index contributed by atoms with van der Waals surface area (Å²) < 4.78 is 0. The number of aryl methyl sites for hydroxylation is 2. The topological polar surface area (TPSA) is 54.9 Å². The van der Waals surface area contributed by atoms with Crippen LogP contribution in [0.15, 0.2) is 29.4 Å². The third-order valence-electron chi connectivity index (χ3n) is 4.23. The number of thioether (sulfide) groups is 1. The lowest BCUT2D eigenvalue weighted by atomic mass is 9.97. The van der Waals surface area contributed by atoms with Gasteiger partial charge in [-0.2, -0.15) is 0 Å². The summed E-state index contributed by atoms with van der Waals surface area (Å²) in [6.07, 6.45) is 4.54. The van der Waals surface area contributed by atoms with Gasteiger partial charge in [-0.3, -0.25) is 4.79 Å². The summed E-state index contributed by atoms with van der Waals surface area (Å²) >= 11 is 15.5. The highest BCUT2D eigenvalue weighted by Gasteiger charge is 2.20. The van der Waals surface area contributed by atoms with Gasteiger partial charge in [-0.15, -0.1) is 11.3 Å². The zero-order valence-corrected chi connectivity index (χ0v) is 16.9. The van der Waals surface area contributed by atoms with Crippen molar-refractivity contribution in [3.8, 4) is 0 Å². The summed E-state index contributed by atoms with van der Waals surface area (Å²) in [6.45, 7) is 0. The van der Waals surface area contributed by atoms with Crippen LogP contribution in [-0.2, 0) is 17.6 Å². The van der Waals surface area contributed by atoms with Gasteiger partial charge in [-0.25, -0.2) is 9.97 Å². The number of hydrogen-bond acceptors (Lipinski definition) is 5. The second kappa shape index (κ2) is 7.72. The number of rotatable bonds is 4. The van der Waals surface area contributed by atoms with Crippen molar-refractivity contribution >= 4 is 68.1 Å². The number of hydrogen-bond donors (Lipinski definition) is 1. The number of halogens is 2. The van der Waals surface area contributed by atoms with Crippen LogP contribution in [0.2, 0.25) is 10.2 Å². The summed E-state index contributed by atoms with van der Waals surface area (Å²) in [5.74, 6) is 0.0337. The van der Waals surface area contributed by atoms with Crippen molar-refractivity contribution in [1.82, 2.24) is 9.97 Å². The normalized spacial score (nSPS) is 13.6. The van der Waals surface area contributed by atoms with E-state index >= 15 is 0 Å². The Morgan fingerprint density at radius 1 is 1.19 bits per heavy atom. The molecule has 134 valence electrons. The van der Waals surface area contributed by atoms with Crippen molar-refractivity contribution in [2.45, 2.75) is 30.8 Å². The van der Waals surface area contributed by atoms with E-state index in [9.17, 15) is 4.79 Å². The number of carbonyl (C=O) groups excluding carboxylic acids is 1. The molecule has 0 aliphatic heterocycles. The molecule has 0 radical (unpaired) electrons. The Morgan fingerprint density at radius 2 is 2.00 bits per heavy atom. The number of benzene rings is 1.